The smallest absolute Gasteiger partial charge is 0.330 e. The molecule has 2 fully saturated rings. The molecule has 1 aromatic carbocycles. The van der Waals surface area contributed by atoms with E-state index in [0.717, 1.165) is 36.7 Å². The molecule has 4 atom stereocenters. The number of fused-ring (bicyclic) bond motifs is 5. The van der Waals surface area contributed by atoms with Crippen molar-refractivity contribution in [3.05, 3.63) is 64.9 Å². The van der Waals surface area contributed by atoms with Crippen LogP contribution in [-0.2, 0) is 20.0 Å². The molecule has 7 nitrogen and oxygen atoms in total. The summed E-state index contributed by atoms with van der Waals surface area (Å²) < 4.78 is 81.8. The van der Waals surface area contributed by atoms with E-state index in [1.807, 2.05) is 0 Å². The Balaban J connectivity index is 1.31. The largest absolute Gasteiger partial charge is 0.413 e. The summed E-state index contributed by atoms with van der Waals surface area (Å²) in [5.74, 6) is -2.41. The van der Waals surface area contributed by atoms with Gasteiger partial charge in [0.05, 0.1) is 17.2 Å². The van der Waals surface area contributed by atoms with Gasteiger partial charge in [-0.3, -0.25) is 4.79 Å². The highest BCUT2D eigenvalue weighted by molar-refractivity contribution is 7.91. The number of hydrogen-bond donors (Lipinski definition) is 0. The second-order valence-electron chi connectivity index (χ2n) is 11.3. The van der Waals surface area contributed by atoms with Crippen molar-refractivity contribution in [1.82, 2.24) is 19.5 Å². The zero-order valence-corrected chi connectivity index (χ0v) is 22.3. The van der Waals surface area contributed by atoms with E-state index in [0.29, 0.717) is 10.5 Å². The molecule has 0 radical (unpaired) electrons. The number of rotatable bonds is 4. The lowest BCUT2D eigenvalue weighted by molar-refractivity contribution is -0.190. The maximum atomic E-state index is 14.3. The van der Waals surface area contributed by atoms with Gasteiger partial charge in [-0.25, -0.2) is 17.9 Å². The number of carbonyl (C=O) groups excluding carboxylic acids is 1. The lowest BCUT2D eigenvalue weighted by atomic mass is 9.59. The van der Waals surface area contributed by atoms with Crippen LogP contribution in [0, 0.1) is 17.8 Å². The molecule has 12 heteroatoms. The normalized spacial score (nSPS) is 27.0. The van der Waals surface area contributed by atoms with Crippen molar-refractivity contribution >= 4 is 21.4 Å². The standard InChI is InChI=1S/C27H28F4N4O3S/c1-26-10-7-19(26)22(18-14-32-21-13-20(28)33-35(21)24(18)26)15-3-5-16(6-4-15)23(27(29,30)31)34(2)25(36)17-8-11-39(37,38)12-9-17/h3-6,13-14,17,19,22-23H,7-12H2,1-2H3/t19-,22+,23-,26+/m0/s1. The van der Waals surface area contributed by atoms with Crippen molar-refractivity contribution in [3.8, 4) is 0 Å². The van der Waals surface area contributed by atoms with Gasteiger partial charge < -0.3 is 4.90 Å². The minimum Gasteiger partial charge on any atom is -0.330 e. The molecule has 0 unspecified atom stereocenters. The van der Waals surface area contributed by atoms with Gasteiger partial charge in [-0.2, -0.15) is 17.6 Å². The van der Waals surface area contributed by atoms with Gasteiger partial charge in [0.1, 0.15) is 9.84 Å². The van der Waals surface area contributed by atoms with Crippen LogP contribution in [0.2, 0.25) is 0 Å². The molecular weight excluding hydrogens is 536 g/mol. The van der Waals surface area contributed by atoms with Crippen LogP contribution in [0.15, 0.2) is 36.5 Å². The summed E-state index contributed by atoms with van der Waals surface area (Å²) in [6, 6.07) is 5.29. The van der Waals surface area contributed by atoms with E-state index in [2.05, 4.69) is 17.0 Å². The van der Waals surface area contributed by atoms with Gasteiger partial charge in [0, 0.05) is 42.1 Å². The number of halogens is 4. The lowest BCUT2D eigenvalue weighted by Crippen LogP contribution is -2.44. The van der Waals surface area contributed by atoms with Crippen LogP contribution in [0.5, 0.6) is 0 Å². The number of alkyl halides is 3. The van der Waals surface area contributed by atoms with Crippen LogP contribution in [0.1, 0.15) is 67.0 Å². The van der Waals surface area contributed by atoms with E-state index < -0.39 is 39.8 Å². The molecule has 6 rings (SSSR count). The molecule has 3 aliphatic rings. The van der Waals surface area contributed by atoms with Gasteiger partial charge in [0.2, 0.25) is 11.9 Å². The maximum Gasteiger partial charge on any atom is 0.413 e. The molecule has 1 saturated heterocycles. The minimum absolute atomic E-state index is 0.0255. The van der Waals surface area contributed by atoms with E-state index in [1.165, 1.54) is 18.2 Å². The van der Waals surface area contributed by atoms with Gasteiger partial charge >= 0.3 is 6.18 Å². The monoisotopic (exact) mass is 564 g/mol. The maximum absolute atomic E-state index is 14.3. The molecule has 2 aliphatic carbocycles. The Labute approximate surface area is 223 Å². The van der Waals surface area contributed by atoms with Crippen LogP contribution in [0.3, 0.4) is 0 Å². The number of aromatic nitrogens is 3. The summed E-state index contributed by atoms with van der Waals surface area (Å²) >= 11 is 0. The van der Waals surface area contributed by atoms with Crippen molar-refractivity contribution in [1.29, 1.82) is 0 Å². The lowest BCUT2D eigenvalue weighted by Gasteiger charge is -2.44. The predicted molar refractivity (Wildman–Crippen MR) is 134 cm³/mol. The second-order valence-corrected chi connectivity index (χ2v) is 13.6. The van der Waals surface area contributed by atoms with Crippen LogP contribution in [0.4, 0.5) is 17.6 Å². The van der Waals surface area contributed by atoms with E-state index in [4.69, 9.17) is 0 Å². The Kier molecular flexibility index (Phi) is 5.87. The number of nitrogens with zero attached hydrogens (tertiary/aromatic N) is 4. The summed E-state index contributed by atoms with van der Waals surface area (Å²) in [5.41, 5.74) is 2.74. The molecule has 1 aliphatic heterocycles. The number of hydrogen-bond acceptors (Lipinski definition) is 5. The van der Waals surface area contributed by atoms with Crippen molar-refractivity contribution in [3.63, 3.8) is 0 Å². The average Bonchev–Trinajstić information content (AvgIpc) is 3.31. The average molecular weight is 565 g/mol. The molecule has 208 valence electrons. The highest BCUT2D eigenvalue weighted by atomic mass is 32.2. The zero-order chi connectivity index (χ0) is 27.9. The summed E-state index contributed by atoms with van der Waals surface area (Å²) in [6.45, 7) is 2.12. The highest BCUT2D eigenvalue weighted by Crippen LogP contribution is 2.63. The first-order valence-corrected chi connectivity index (χ1v) is 14.8. The molecule has 3 aromatic rings. The van der Waals surface area contributed by atoms with Gasteiger partial charge in [0.25, 0.3) is 0 Å². The third-order valence-corrected chi connectivity index (χ3v) is 10.8. The van der Waals surface area contributed by atoms with Crippen LogP contribution in [0.25, 0.3) is 5.65 Å². The first-order chi connectivity index (χ1) is 18.3. The molecule has 1 amide bonds. The summed E-state index contributed by atoms with van der Waals surface area (Å²) in [7, 11) is -2.12. The Hall–Kier alpha value is -3.02. The highest BCUT2D eigenvalue weighted by Gasteiger charge is 2.57. The van der Waals surface area contributed by atoms with Crippen LogP contribution < -0.4 is 0 Å². The van der Waals surface area contributed by atoms with Crippen molar-refractivity contribution < 1.29 is 30.8 Å². The topological polar surface area (TPSA) is 84.6 Å². The fraction of sp³-hybridized carbons (Fsp3) is 0.519. The first-order valence-electron chi connectivity index (χ1n) is 13.0. The van der Waals surface area contributed by atoms with Crippen molar-refractivity contribution in [2.45, 2.75) is 56.2 Å². The van der Waals surface area contributed by atoms with Crippen molar-refractivity contribution in [2.75, 3.05) is 18.6 Å². The fourth-order valence-electron chi connectivity index (χ4n) is 6.99. The number of benzene rings is 1. The predicted octanol–water partition coefficient (Wildman–Crippen LogP) is 4.57. The third kappa shape index (κ3) is 4.13. The van der Waals surface area contributed by atoms with Crippen LogP contribution in [-0.4, -0.2) is 58.6 Å². The fourth-order valence-corrected chi connectivity index (χ4v) is 8.48. The molecule has 1 saturated carbocycles. The van der Waals surface area contributed by atoms with E-state index in [-0.39, 0.29) is 47.2 Å². The minimum atomic E-state index is -4.72. The third-order valence-electron chi connectivity index (χ3n) is 9.11. The summed E-state index contributed by atoms with van der Waals surface area (Å²) in [4.78, 5) is 18.1. The number of amides is 1. The molecule has 2 aromatic heterocycles. The second kappa shape index (κ2) is 8.74. The van der Waals surface area contributed by atoms with Gasteiger partial charge in [-0.15, -0.1) is 5.10 Å². The molecule has 0 bridgehead atoms. The van der Waals surface area contributed by atoms with E-state index in [9.17, 15) is 30.8 Å². The quantitative estimate of drug-likeness (QED) is 0.434. The van der Waals surface area contributed by atoms with E-state index in [1.54, 1.807) is 22.8 Å². The SMILES string of the molecule is CN(C(=O)C1CCS(=O)(=O)CC1)[C@@H](c1ccc([C@@H]2c3cnc4cc(F)nn4c3[C@]3(C)CC[C@@H]23)cc1)C(F)(F)F. The molecule has 3 heterocycles. The Morgan fingerprint density at radius 1 is 1.15 bits per heavy atom. The summed E-state index contributed by atoms with van der Waals surface area (Å²) in [5, 5.41) is 4.02. The molecule has 0 spiro atoms. The molecule has 39 heavy (non-hydrogen) atoms. The zero-order valence-electron chi connectivity index (χ0n) is 21.4. The van der Waals surface area contributed by atoms with Crippen LogP contribution >= 0.6 is 0 Å². The molecule has 0 N–H and O–H groups in total. The van der Waals surface area contributed by atoms with E-state index >= 15 is 0 Å². The Morgan fingerprint density at radius 2 is 1.82 bits per heavy atom. The van der Waals surface area contributed by atoms with Gasteiger partial charge in [-0.1, -0.05) is 31.2 Å². The Bertz CT molecular complexity index is 1560. The number of sulfone groups is 1. The van der Waals surface area contributed by atoms with Gasteiger partial charge in [-0.05, 0) is 42.7 Å². The Morgan fingerprint density at radius 3 is 2.41 bits per heavy atom. The number of carbonyl (C=O) groups is 1. The van der Waals surface area contributed by atoms with Gasteiger partial charge in [0.15, 0.2) is 11.7 Å². The van der Waals surface area contributed by atoms with Crippen molar-refractivity contribution in [2.24, 2.45) is 11.8 Å². The first kappa shape index (κ1) is 26.2. The molecular formula is C27H28F4N4O3S. The summed E-state index contributed by atoms with van der Waals surface area (Å²) in [6.07, 6.45) is -1.13.